The van der Waals surface area contributed by atoms with Crippen molar-refractivity contribution in [3.63, 3.8) is 0 Å². The normalized spacial score (nSPS) is 15.5. The van der Waals surface area contributed by atoms with E-state index in [0.717, 1.165) is 5.56 Å². The van der Waals surface area contributed by atoms with Crippen molar-refractivity contribution < 1.29 is 18.0 Å². The summed E-state index contributed by atoms with van der Waals surface area (Å²) in [5.74, 6) is -0.873. The highest BCUT2D eigenvalue weighted by Gasteiger charge is 2.33. The quantitative estimate of drug-likeness (QED) is 0.622. The maximum absolute atomic E-state index is 12.7. The van der Waals surface area contributed by atoms with Crippen molar-refractivity contribution in [3.8, 4) is 0 Å². The van der Waals surface area contributed by atoms with Crippen molar-refractivity contribution in [2.45, 2.75) is 24.3 Å². The number of carbonyl (C=O) groups is 2. The first-order valence-electron chi connectivity index (χ1n) is 9.57. The zero-order chi connectivity index (χ0) is 21.6. The van der Waals surface area contributed by atoms with Gasteiger partial charge in [0.2, 0.25) is 21.8 Å². The van der Waals surface area contributed by atoms with Crippen LogP contribution in [0.2, 0.25) is 5.15 Å². The van der Waals surface area contributed by atoms with Gasteiger partial charge in [0, 0.05) is 31.7 Å². The van der Waals surface area contributed by atoms with Crippen LogP contribution in [0.1, 0.15) is 18.4 Å². The maximum Gasteiger partial charge on any atom is 0.246 e. The number of halogens is 1. The van der Waals surface area contributed by atoms with Crippen LogP contribution in [0.5, 0.6) is 0 Å². The Labute approximate surface area is 180 Å². The van der Waals surface area contributed by atoms with Crippen molar-refractivity contribution in [3.05, 3.63) is 59.4 Å². The SMILES string of the molecule is O=C(CNC(=O)C1CCN(S(=O)(=O)c2cccnc2Cl)CC1)NCc1ccccc1. The summed E-state index contributed by atoms with van der Waals surface area (Å²) in [5.41, 5.74) is 0.972. The molecule has 0 bridgehead atoms. The molecule has 0 unspecified atom stereocenters. The van der Waals surface area contributed by atoms with Crippen LogP contribution in [0.15, 0.2) is 53.6 Å². The summed E-state index contributed by atoms with van der Waals surface area (Å²) in [6.45, 7) is 0.676. The van der Waals surface area contributed by atoms with Crippen LogP contribution in [0.25, 0.3) is 0 Å². The van der Waals surface area contributed by atoms with Crippen LogP contribution in [0.3, 0.4) is 0 Å². The van der Waals surface area contributed by atoms with Gasteiger partial charge >= 0.3 is 0 Å². The van der Waals surface area contributed by atoms with Gasteiger partial charge in [-0.2, -0.15) is 4.31 Å². The summed E-state index contributed by atoms with van der Waals surface area (Å²) in [5, 5.41) is 5.31. The predicted octanol–water partition coefficient (Wildman–Crippen LogP) is 1.57. The second kappa shape index (κ2) is 10.0. The minimum absolute atomic E-state index is 0.0374. The van der Waals surface area contributed by atoms with Gasteiger partial charge in [-0.15, -0.1) is 0 Å². The first kappa shape index (κ1) is 22.2. The van der Waals surface area contributed by atoms with Crippen molar-refractivity contribution in [2.24, 2.45) is 5.92 Å². The predicted molar refractivity (Wildman–Crippen MR) is 112 cm³/mol. The van der Waals surface area contributed by atoms with Crippen molar-refractivity contribution >= 4 is 33.4 Å². The number of sulfonamides is 1. The molecular formula is C20H23ClN4O4S. The molecule has 2 heterocycles. The van der Waals surface area contributed by atoms with E-state index in [2.05, 4.69) is 15.6 Å². The van der Waals surface area contributed by atoms with Crippen LogP contribution in [-0.4, -0.2) is 49.2 Å². The number of aromatic nitrogens is 1. The van der Waals surface area contributed by atoms with E-state index in [1.54, 1.807) is 0 Å². The van der Waals surface area contributed by atoms with Gasteiger partial charge in [0.25, 0.3) is 0 Å². The highest BCUT2D eigenvalue weighted by molar-refractivity contribution is 7.89. The number of pyridine rings is 1. The second-order valence-corrected chi connectivity index (χ2v) is 9.22. The Kier molecular flexibility index (Phi) is 7.41. The fraction of sp³-hybridized carbons (Fsp3) is 0.350. The number of carbonyl (C=O) groups excluding carboxylic acids is 2. The molecule has 3 rings (SSSR count). The topological polar surface area (TPSA) is 108 Å². The lowest BCUT2D eigenvalue weighted by Crippen LogP contribution is -2.45. The largest absolute Gasteiger partial charge is 0.350 e. The Hall–Kier alpha value is -2.49. The van der Waals surface area contributed by atoms with Crippen molar-refractivity contribution in [1.82, 2.24) is 19.9 Å². The Morgan fingerprint density at radius 3 is 2.43 bits per heavy atom. The molecule has 2 N–H and O–H groups in total. The van der Waals surface area contributed by atoms with Gasteiger partial charge in [0.1, 0.15) is 10.0 Å². The zero-order valence-electron chi connectivity index (χ0n) is 16.3. The van der Waals surface area contributed by atoms with Gasteiger partial charge in [0.05, 0.1) is 6.54 Å². The lowest BCUT2D eigenvalue weighted by molar-refractivity contribution is -0.129. The summed E-state index contributed by atoms with van der Waals surface area (Å²) < 4.78 is 26.8. The molecule has 0 aliphatic carbocycles. The van der Waals surface area contributed by atoms with Gasteiger partial charge in [-0.3, -0.25) is 9.59 Å². The zero-order valence-corrected chi connectivity index (χ0v) is 17.8. The van der Waals surface area contributed by atoms with E-state index in [1.165, 1.54) is 22.6 Å². The monoisotopic (exact) mass is 450 g/mol. The van der Waals surface area contributed by atoms with Gasteiger partial charge in [0.15, 0.2) is 0 Å². The van der Waals surface area contributed by atoms with E-state index >= 15 is 0 Å². The van der Waals surface area contributed by atoms with E-state index in [4.69, 9.17) is 11.6 Å². The Balaban J connectivity index is 1.45. The summed E-state index contributed by atoms with van der Waals surface area (Å²) >= 11 is 5.92. The highest BCUT2D eigenvalue weighted by Crippen LogP contribution is 2.26. The number of hydrogen-bond donors (Lipinski definition) is 2. The first-order chi connectivity index (χ1) is 14.4. The molecule has 0 spiro atoms. The number of nitrogens with zero attached hydrogens (tertiary/aromatic N) is 2. The standard InChI is InChI=1S/C20H23ClN4O4S/c21-19-17(7-4-10-22-19)30(28,29)25-11-8-16(9-12-25)20(27)24-14-18(26)23-13-15-5-2-1-3-6-15/h1-7,10,16H,8-9,11-14H2,(H,23,26)(H,24,27). The number of benzene rings is 1. The molecule has 2 aromatic rings. The summed E-state index contributed by atoms with van der Waals surface area (Å²) in [4.78, 5) is 28.1. The van der Waals surface area contributed by atoms with Crippen LogP contribution >= 0.6 is 11.6 Å². The molecule has 160 valence electrons. The molecular weight excluding hydrogens is 428 g/mol. The van der Waals surface area contributed by atoms with E-state index in [9.17, 15) is 18.0 Å². The van der Waals surface area contributed by atoms with E-state index in [0.29, 0.717) is 19.4 Å². The third kappa shape index (κ3) is 5.56. The fourth-order valence-corrected chi connectivity index (χ4v) is 5.13. The Bertz CT molecular complexity index is 993. The second-order valence-electron chi connectivity index (χ2n) is 6.95. The molecule has 1 aliphatic heterocycles. The molecule has 1 aromatic carbocycles. The van der Waals surface area contributed by atoms with Crippen molar-refractivity contribution in [1.29, 1.82) is 0 Å². The third-order valence-electron chi connectivity index (χ3n) is 4.92. The third-order valence-corrected chi connectivity index (χ3v) is 7.27. The van der Waals surface area contributed by atoms with E-state index in [1.807, 2.05) is 30.3 Å². The molecule has 0 radical (unpaired) electrons. The molecule has 1 saturated heterocycles. The Morgan fingerprint density at radius 1 is 1.07 bits per heavy atom. The van der Waals surface area contributed by atoms with Crippen LogP contribution in [0.4, 0.5) is 0 Å². The first-order valence-corrected chi connectivity index (χ1v) is 11.4. The van der Waals surface area contributed by atoms with E-state index in [-0.39, 0.29) is 47.4 Å². The number of hydrogen-bond acceptors (Lipinski definition) is 5. The molecule has 1 aromatic heterocycles. The fourth-order valence-electron chi connectivity index (χ4n) is 3.23. The summed E-state index contributed by atoms with van der Waals surface area (Å²) in [6, 6.07) is 12.4. The number of amides is 2. The lowest BCUT2D eigenvalue weighted by atomic mass is 9.97. The van der Waals surface area contributed by atoms with Gasteiger partial charge in [-0.25, -0.2) is 13.4 Å². The number of piperidine rings is 1. The van der Waals surface area contributed by atoms with Crippen LogP contribution < -0.4 is 10.6 Å². The van der Waals surface area contributed by atoms with Gasteiger partial charge < -0.3 is 10.6 Å². The summed E-state index contributed by atoms with van der Waals surface area (Å²) in [6.07, 6.45) is 2.16. The van der Waals surface area contributed by atoms with Gasteiger partial charge in [-0.1, -0.05) is 41.9 Å². The molecule has 1 fully saturated rings. The molecule has 0 atom stereocenters. The summed E-state index contributed by atoms with van der Waals surface area (Å²) in [7, 11) is -3.76. The van der Waals surface area contributed by atoms with E-state index < -0.39 is 10.0 Å². The smallest absolute Gasteiger partial charge is 0.246 e. The number of rotatable bonds is 7. The number of nitrogens with one attached hydrogen (secondary N) is 2. The molecule has 1 aliphatic rings. The van der Waals surface area contributed by atoms with Crippen molar-refractivity contribution in [2.75, 3.05) is 19.6 Å². The molecule has 30 heavy (non-hydrogen) atoms. The van der Waals surface area contributed by atoms with Crippen LogP contribution in [-0.2, 0) is 26.2 Å². The lowest BCUT2D eigenvalue weighted by Gasteiger charge is -2.30. The average molecular weight is 451 g/mol. The minimum atomic E-state index is -3.76. The molecule has 0 saturated carbocycles. The maximum atomic E-state index is 12.7. The highest BCUT2D eigenvalue weighted by atomic mass is 35.5. The minimum Gasteiger partial charge on any atom is -0.350 e. The van der Waals surface area contributed by atoms with Gasteiger partial charge in [-0.05, 0) is 30.5 Å². The average Bonchev–Trinajstić information content (AvgIpc) is 2.77. The van der Waals surface area contributed by atoms with Crippen LogP contribution in [0, 0.1) is 5.92 Å². The molecule has 8 nitrogen and oxygen atoms in total. The molecule has 10 heteroatoms. The molecule has 2 amide bonds. The Morgan fingerprint density at radius 2 is 1.77 bits per heavy atom.